The molecule has 20 heavy (non-hydrogen) atoms. The summed E-state index contributed by atoms with van der Waals surface area (Å²) in [7, 11) is 0. The van der Waals surface area contributed by atoms with Gasteiger partial charge < -0.3 is 15.8 Å². The number of hydrogen-bond donors (Lipinski definition) is 2. The highest BCUT2D eigenvalue weighted by Crippen LogP contribution is 2.22. The van der Waals surface area contributed by atoms with E-state index >= 15 is 0 Å². The Bertz CT molecular complexity index is 616. The molecule has 0 saturated heterocycles. The number of nitrogens with zero attached hydrogens (tertiary/aromatic N) is 2. The monoisotopic (exact) mass is 292 g/mol. The molecule has 1 aromatic carbocycles. The van der Waals surface area contributed by atoms with Crippen molar-refractivity contribution in [2.75, 3.05) is 17.7 Å². The number of halogens is 1. The van der Waals surface area contributed by atoms with Crippen molar-refractivity contribution in [2.24, 2.45) is 0 Å². The van der Waals surface area contributed by atoms with Gasteiger partial charge in [-0.1, -0.05) is 11.6 Å². The second kappa shape index (κ2) is 6.21. The maximum absolute atomic E-state index is 12.0. The highest BCUT2D eigenvalue weighted by atomic mass is 35.5. The minimum absolute atomic E-state index is 0.258. The van der Waals surface area contributed by atoms with E-state index in [-0.39, 0.29) is 11.1 Å². The number of ether oxygens (including phenoxy) is 1. The van der Waals surface area contributed by atoms with Crippen LogP contribution in [0.15, 0.2) is 30.3 Å². The largest absolute Gasteiger partial charge is 0.492 e. The van der Waals surface area contributed by atoms with Crippen molar-refractivity contribution in [1.82, 2.24) is 10.2 Å². The van der Waals surface area contributed by atoms with Gasteiger partial charge in [-0.2, -0.15) is 0 Å². The Morgan fingerprint density at radius 2 is 2.15 bits per heavy atom. The second-order valence-electron chi connectivity index (χ2n) is 3.88. The number of nitrogens with one attached hydrogen (secondary N) is 1. The molecule has 1 aromatic heterocycles. The standard InChI is InChI=1S/C13H13ClN4O2/c1-2-20-10-4-3-8(7-9(10)15)13(19)16-12-6-5-11(14)17-18-12/h3-7H,2,15H2,1H3,(H,16,18,19). The molecule has 0 atom stereocenters. The fourth-order valence-corrected chi connectivity index (χ4v) is 1.65. The van der Waals surface area contributed by atoms with Gasteiger partial charge in [0.2, 0.25) is 0 Å². The van der Waals surface area contributed by atoms with Crippen molar-refractivity contribution in [3.05, 3.63) is 41.0 Å². The van der Waals surface area contributed by atoms with Crippen LogP contribution in [0.5, 0.6) is 5.75 Å². The van der Waals surface area contributed by atoms with Crippen LogP contribution in [0.1, 0.15) is 17.3 Å². The van der Waals surface area contributed by atoms with E-state index in [9.17, 15) is 4.79 Å². The molecule has 2 aromatic rings. The first kappa shape index (κ1) is 14.1. The summed E-state index contributed by atoms with van der Waals surface area (Å²) in [5.74, 6) is 0.526. The van der Waals surface area contributed by atoms with Crippen LogP contribution in [0, 0.1) is 0 Å². The molecule has 0 unspecified atom stereocenters. The van der Waals surface area contributed by atoms with Crippen LogP contribution in [-0.2, 0) is 0 Å². The van der Waals surface area contributed by atoms with Gasteiger partial charge in [-0.15, -0.1) is 10.2 Å². The van der Waals surface area contributed by atoms with E-state index in [1.165, 1.54) is 6.07 Å². The second-order valence-corrected chi connectivity index (χ2v) is 4.27. The molecule has 6 nitrogen and oxygen atoms in total. The Morgan fingerprint density at radius 1 is 1.35 bits per heavy atom. The van der Waals surface area contributed by atoms with Crippen LogP contribution >= 0.6 is 11.6 Å². The van der Waals surface area contributed by atoms with Crippen LogP contribution in [0.4, 0.5) is 11.5 Å². The smallest absolute Gasteiger partial charge is 0.256 e. The summed E-state index contributed by atoms with van der Waals surface area (Å²) >= 11 is 5.62. The number of amides is 1. The van der Waals surface area contributed by atoms with Gasteiger partial charge in [-0.3, -0.25) is 4.79 Å². The molecule has 1 amide bonds. The minimum Gasteiger partial charge on any atom is -0.492 e. The van der Waals surface area contributed by atoms with E-state index in [0.29, 0.717) is 29.4 Å². The fourth-order valence-electron chi connectivity index (χ4n) is 1.55. The lowest BCUT2D eigenvalue weighted by Crippen LogP contribution is -2.13. The van der Waals surface area contributed by atoms with Crippen LogP contribution < -0.4 is 15.8 Å². The molecule has 0 aliphatic heterocycles. The molecular weight excluding hydrogens is 280 g/mol. The topological polar surface area (TPSA) is 90.1 Å². The molecule has 0 fully saturated rings. The van der Waals surface area contributed by atoms with Gasteiger partial charge >= 0.3 is 0 Å². The summed E-state index contributed by atoms with van der Waals surface area (Å²) in [6.07, 6.45) is 0. The van der Waals surface area contributed by atoms with E-state index < -0.39 is 0 Å². The SMILES string of the molecule is CCOc1ccc(C(=O)Nc2ccc(Cl)nn2)cc1N. The average molecular weight is 293 g/mol. The summed E-state index contributed by atoms with van der Waals surface area (Å²) in [5, 5.41) is 10.2. The number of benzene rings is 1. The Labute approximate surface area is 120 Å². The third kappa shape index (κ3) is 3.36. The van der Waals surface area contributed by atoms with E-state index in [4.69, 9.17) is 22.1 Å². The van der Waals surface area contributed by atoms with Crippen molar-refractivity contribution < 1.29 is 9.53 Å². The Balaban J connectivity index is 2.13. The first-order valence-electron chi connectivity index (χ1n) is 5.93. The lowest BCUT2D eigenvalue weighted by atomic mass is 10.1. The van der Waals surface area contributed by atoms with Crippen molar-refractivity contribution in [2.45, 2.75) is 6.92 Å². The number of aromatic nitrogens is 2. The summed E-state index contributed by atoms with van der Waals surface area (Å²) in [4.78, 5) is 12.0. The van der Waals surface area contributed by atoms with E-state index in [0.717, 1.165) is 0 Å². The molecule has 0 spiro atoms. The highest BCUT2D eigenvalue weighted by molar-refractivity contribution is 6.29. The van der Waals surface area contributed by atoms with Crippen molar-refractivity contribution in [3.8, 4) is 5.75 Å². The molecule has 0 bridgehead atoms. The normalized spacial score (nSPS) is 10.1. The summed E-state index contributed by atoms with van der Waals surface area (Å²) in [5.41, 5.74) is 6.62. The molecule has 7 heteroatoms. The zero-order chi connectivity index (χ0) is 14.5. The van der Waals surface area contributed by atoms with Crippen LogP contribution in [-0.4, -0.2) is 22.7 Å². The zero-order valence-electron chi connectivity index (χ0n) is 10.8. The molecule has 3 N–H and O–H groups in total. The van der Waals surface area contributed by atoms with Gasteiger partial charge in [0, 0.05) is 5.56 Å². The molecular formula is C13H13ClN4O2. The van der Waals surface area contributed by atoms with Gasteiger partial charge in [-0.25, -0.2) is 0 Å². The van der Waals surface area contributed by atoms with Gasteiger partial charge in [-0.05, 0) is 37.3 Å². The number of nitrogens with two attached hydrogens (primary N) is 1. The summed E-state index contributed by atoms with van der Waals surface area (Å²) < 4.78 is 5.31. The lowest BCUT2D eigenvalue weighted by molar-refractivity contribution is 0.102. The Hall–Kier alpha value is -2.34. The molecule has 104 valence electrons. The number of rotatable bonds is 4. The van der Waals surface area contributed by atoms with Gasteiger partial charge in [0.1, 0.15) is 5.75 Å². The number of nitrogen functional groups attached to an aromatic ring is 1. The van der Waals surface area contributed by atoms with Crippen LogP contribution in [0.2, 0.25) is 5.15 Å². The minimum atomic E-state index is -0.337. The summed E-state index contributed by atoms with van der Waals surface area (Å²) in [6.45, 7) is 2.37. The molecule has 0 aliphatic carbocycles. The quantitative estimate of drug-likeness (QED) is 0.844. The summed E-state index contributed by atoms with van der Waals surface area (Å²) in [6, 6.07) is 7.92. The maximum atomic E-state index is 12.0. The molecule has 0 radical (unpaired) electrons. The molecule has 0 aliphatic rings. The third-order valence-electron chi connectivity index (χ3n) is 2.45. The molecule has 2 rings (SSSR count). The number of anilines is 2. The molecule has 1 heterocycles. The van der Waals surface area contributed by atoms with Crippen molar-refractivity contribution >= 4 is 29.0 Å². The maximum Gasteiger partial charge on any atom is 0.256 e. The van der Waals surface area contributed by atoms with Crippen LogP contribution in [0.25, 0.3) is 0 Å². The van der Waals surface area contributed by atoms with E-state index in [1.807, 2.05) is 6.92 Å². The first-order valence-corrected chi connectivity index (χ1v) is 6.31. The third-order valence-corrected chi connectivity index (χ3v) is 2.65. The van der Waals surface area contributed by atoms with E-state index in [1.54, 1.807) is 24.3 Å². The highest BCUT2D eigenvalue weighted by Gasteiger charge is 2.10. The lowest BCUT2D eigenvalue weighted by Gasteiger charge is -2.09. The first-order chi connectivity index (χ1) is 9.60. The Kier molecular flexibility index (Phi) is 4.37. The average Bonchev–Trinajstić information content (AvgIpc) is 2.44. The van der Waals surface area contributed by atoms with Gasteiger partial charge in [0.15, 0.2) is 11.0 Å². The number of carbonyl (C=O) groups excluding carboxylic acids is 1. The van der Waals surface area contributed by atoms with Gasteiger partial charge in [0.25, 0.3) is 5.91 Å². The van der Waals surface area contributed by atoms with Crippen LogP contribution in [0.3, 0.4) is 0 Å². The molecule has 0 saturated carbocycles. The zero-order valence-corrected chi connectivity index (χ0v) is 11.5. The predicted octanol–water partition coefficient (Wildman–Crippen LogP) is 2.36. The predicted molar refractivity (Wildman–Crippen MR) is 77.0 cm³/mol. The van der Waals surface area contributed by atoms with E-state index in [2.05, 4.69) is 15.5 Å². The number of hydrogen-bond acceptors (Lipinski definition) is 5. The van der Waals surface area contributed by atoms with Gasteiger partial charge in [0.05, 0.1) is 12.3 Å². The number of carbonyl (C=O) groups is 1. The van der Waals surface area contributed by atoms with Crippen molar-refractivity contribution in [3.63, 3.8) is 0 Å². The van der Waals surface area contributed by atoms with Crippen molar-refractivity contribution in [1.29, 1.82) is 0 Å². The Morgan fingerprint density at radius 3 is 2.75 bits per heavy atom. The fraction of sp³-hybridized carbons (Fsp3) is 0.154.